The molecular formula is H4CuSSeZn. The molecular weight excluding hydrogens is 240 g/mol. The van der Waals surface area contributed by atoms with E-state index in [1.165, 1.54) is 0 Å². The van der Waals surface area contributed by atoms with Gasteiger partial charge in [0.15, 0.2) is 0 Å². The minimum atomic E-state index is 0. The summed E-state index contributed by atoms with van der Waals surface area (Å²) in [5, 5.41) is 0. The van der Waals surface area contributed by atoms with E-state index < -0.39 is 0 Å². The van der Waals surface area contributed by atoms with Crippen molar-refractivity contribution in [1.29, 1.82) is 0 Å². The van der Waals surface area contributed by atoms with E-state index in [0.29, 0.717) is 0 Å². The van der Waals surface area contributed by atoms with Crippen LogP contribution in [0.5, 0.6) is 0 Å². The zero-order valence-corrected chi connectivity index (χ0v) is 9.02. The second-order valence-corrected chi connectivity index (χ2v) is 0. The van der Waals surface area contributed by atoms with E-state index >= 15 is 0 Å². The zero-order chi connectivity index (χ0) is 0. The first-order valence-electron chi connectivity index (χ1n) is 0. The molecule has 0 bridgehead atoms. The molecule has 0 aromatic carbocycles. The molecule has 0 N–H and O–H groups in total. The van der Waals surface area contributed by atoms with Crippen LogP contribution in [0, 0.1) is 0 Å². The molecule has 4 heteroatoms. The average Bonchev–Trinajstić information content (AvgIpc) is 0. The summed E-state index contributed by atoms with van der Waals surface area (Å²) in [6.07, 6.45) is 0. The van der Waals surface area contributed by atoms with Gasteiger partial charge in [0.1, 0.15) is 0 Å². The van der Waals surface area contributed by atoms with Crippen LogP contribution < -0.4 is 0 Å². The van der Waals surface area contributed by atoms with E-state index in [1.54, 1.807) is 0 Å². The standard InChI is InChI=1S/Cu.H2S.H2Se.Zn/h;2*1H2;. The quantitative estimate of drug-likeness (QED) is 0.489. The van der Waals surface area contributed by atoms with Gasteiger partial charge in [-0.25, -0.2) is 0 Å². The van der Waals surface area contributed by atoms with Crippen molar-refractivity contribution in [3.05, 3.63) is 0 Å². The molecule has 0 amide bonds. The minimum Gasteiger partial charge on any atom is 0 e. The van der Waals surface area contributed by atoms with Crippen LogP contribution in [-0.2, 0) is 36.5 Å². The molecule has 1 radical (unpaired) electrons. The van der Waals surface area contributed by atoms with Crippen LogP contribution in [0.15, 0.2) is 0 Å². The summed E-state index contributed by atoms with van der Waals surface area (Å²) in [5.41, 5.74) is 0. The molecule has 0 saturated carbocycles. The molecule has 0 heterocycles. The van der Waals surface area contributed by atoms with Crippen LogP contribution in [0.3, 0.4) is 0 Å². The summed E-state index contributed by atoms with van der Waals surface area (Å²) in [4.78, 5) is 0. The van der Waals surface area contributed by atoms with Crippen molar-refractivity contribution < 1.29 is 36.5 Å². The van der Waals surface area contributed by atoms with Crippen molar-refractivity contribution >= 4 is 30.6 Å². The van der Waals surface area contributed by atoms with Gasteiger partial charge in [-0.3, -0.25) is 0 Å². The molecule has 0 aromatic rings. The van der Waals surface area contributed by atoms with Crippen LogP contribution >= 0.6 is 13.5 Å². The van der Waals surface area contributed by atoms with Gasteiger partial charge in [-0.15, -0.1) is 0 Å². The fraction of sp³-hybridized carbons (Fsp3) is 0. The third-order valence-electron chi connectivity index (χ3n) is 0. The number of hydrogen-bond acceptors (Lipinski definition) is 0. The van der Waals surface area contributed by atoms with Crippen LogP contribution in [0.4, 0.5) is 0 Å². The second-order valence-electron chi connectivity index (χ2n) is 0. The summed E-state index contributed by atoms with van der Waals surface area (Å²) >= 11 is 0. The Balaban J connectivity index is 0. The molecule has 0 aromatic heterocycles. The van der Waals surface area contributed by atoms with Crippen LogP contribution in [0.25, 0.3) is 0 Å². The van der Waals surface area contributed by atoms with E-state index in [2.05, 4.69) is 0 Å². The molecule has 0 rings (SSSR count). The van der Waals surface area contributed by atoms with Gasteiger partial charge in [-0.2, -0.15) is 13.5 Å². The van der Waals surface area contributed by atoms with Gasteiger partial charge in [-0.05, 0) is 0 Å². The molecule has 0 atom stereocenters. The van der Waals surface area contributed by atoms with Crippen molar-refractivity contribution in [3.63, 3.8) is 0 Å². The summed E-state index contributed by atoms with van der Waals surface area (Å²) in [6.45, 7) is 0. The van der Waals surface area contributed by atoms with E-state index in [0.717, 1.165) is 0 Å². The van der Waals surface area contributed by atoms with E-state index in [1.807, 2.05) is 0 Å². The monoisotopic (exact) mass is 243 g/mol. The van der Waals surface area contributed by atoms with Gasteiger partial charge in [0, 0.05) is 36.5 Å². The van der Waals surface area contributed by atoms with Gasteiger partial charge in [0.05, 0.1) is 0 Å². The van der Waals surface area contributed by atoms with Crippen molar-refractivity contribution in [2.75, 3.05) is 0 Å². The van der Waals surface area contributed by atoms with Crippen LogP contribution in [0.1, 0.15) is 0 Å². The smallest absolute Gasteiger partial charge is 0 e. The Hall–Kier alpha value is 2.01. The van der Waals surface area contributed by atoms with Gasteiger partial charge >= 0.3 is 17.1 Å². The topological polar surface area (TPSA) is 0 Å². The zero-order valence-electron chi connectivity index (χ0n) is 2.01. The molecule has 0 spiro atoms. The Bertz CT molecular complexity index is 8.00. The first kappa shape index (κ1) is 37.3. The maximum atomic E-state index is 0. The van der Waals surface area contributed by atoms with Crippen molar-refractivity contribution in [1.82, 2.24) is 0 Å². The first-order valence-corrected chi connectivity index (χ1v) is 0. The van der Waals surface area contributed by atoms with Crippen molar-refractivity contribution in [2.24, 2.45) is 0 Å². The Morgan fingerprint density at radius 1 is 1.00 bits per heavy atom. The second kappa shape index (κ2) is 19.9. The molecule has 4 heavy (non-hydrogen) atoms. The largest absolute Gasteiger partial charge is 0 e. The maximum Gasteiger partial charge on any atom is 0 e. The molecule has 29 valence electrons. The van der Waals surface area contributed by atoms with Gasteiger partial charge in [0.2, 0.25) is 0 Å². The number of hydrogen-bond donors (Lipinski definition) is 0. The van der Waals surface area contributed by atoms with Crippen molar-refractivity contribution in [2.45, 2.75) is 0 Å². The molecule has 0 saturated heterocycles. The molecule has 0 unspecified atom stereocenters. The predicted molar refractivity (Wildman–Crippen MR) is 18.9 cm³/mol. The van der Waals surface area contributed by atoms with E-state index in [4.69, 9.17) is 0 Å². The molecule has 0 fully saturated rings. The van der Waals surface area contributed by atoms with E-state index in [-0.39, 0.29) is 67.1 Å². The van der Waals surface area contributed by atoms with Crippen LogP contribution in [-0.4, -0.2) is 17.1 Å². The van der Waals surface area contributed by atoms with Gasteiger partial charge < -0.3 is 0 Å². The third-order valence-corrected chi connectivity index (χ3v) is 0. The SMILES string of the molecule is S.[Cu].[SeH2].[Zn]. The van der Waals surface area contributed by atoms with Gasteiger partial charge in [0.25, 0.3) is 0 Å². The fourth-order valence-electron chi connectivity index (χ4n) is 0. The van der Waals surface area contributed by atoms with Crippen LogP contribution in [0.2, 0.25) is 0 Å². The summed E-state index contributed by atoms with van der Waals surface area (Å²) < 4.78 is 0. The van der Waals surface area contributed by atoms with E-state index in [9.17, 15) is 0 Å². The summed E-state index contributed by atoms with van der Waals surface area (Å²) in [5.74, 6) is 0. The summed E-state index contributed by atoms with van der Waals surface area (Å²) in [6, 6.07) is 0. The third kappa shape index (κ3) is 8.99. The molecule has 0 aliphatic heterocycles. The maximum absolute atomic E-state index is 0. The van der Waals surface area contributed by atoms with Gasteiger partial charge in [-0.1, -0.05) is 0 Å². The number of rotatable bonds is 0. The fourth-order valence-corrected chi connectivity index (χ4v) is 0. The Morgan fingerprint density at radius 2 is 1.00 bits per heavy atom. The Kier molecular flexibility index (Phi) is 186. The average molecular weight is 244 g/mol. The predicted octanol–water partition coefficient (Wildman–Crippen LogP) is -0.808. The molecule has 0 aliphatic carbocycles. The Labute approximate surface area is 66.6 Å². The molecule has 0 nitrogen and oxygen atoms in total. The minimum absolute atomic E-state index is 0. The summed E-state index contributed by atoms with van der Waals surface area (Å²) in [7, 11) is 0. The molecule has 0 aliphatic rings. The normalized spacial score (nSPS) is 0. The van der Waals surface area contributed by atoms with Crippen molar-refractivity contribution in [3.8, 4) is 0 Å². The first-order chi connectivity index (χ1) is 0. The Morgan fingerprint density at radius 3 is 1.00 bits per heavy atom.